The van der Waals surface area contributed by atoms with Crippen molar-refractivity contribution < 1.29 is 53.6 Å². The van der Waals surface area contributed by atoms with Crippen molar-refractivity contribution in [2.24, 2.45) is 0 Å². The maximum absolute atomic E-state index is 12.3. The van der Waals surface area contributed by atoms with E-state index in [0.717, 1.165) is 141 Å². The molecule has 0 aliphatic heterocycles. The van der Waals surface area contributed by atoms with E-state index in [1.54, 1.807) is 0 Å². The van der Waals surface area contributed by atoms with E-state index >= 15 is 0 Å². The first-order chi connectivity index (χ1) is 29.6. The lowest BCUT2D eigenvalue weighted by Gasteiger charge is -2.13. The average Bonchev–Trinajstić information content (AvgIpc) is 3.21. The van der Waals surface area contributed by atoms with Gasteiger partial charge in [0.25, 0.3) is 0 Å². The minimum absolute atomic E-state index is 0.265. The highest BCUT2D eigenvalue weighted by Crippen LogP contribution is 2.18. The minimum Gasteiger partial charge on any atom is -0.481 e. The number of hydrogen-bond acceptors (Lipinski definition) is 8. The molecule has 0 spiro atoms. The molecule has 0 bridgehead atoms. The third-order valence-corrected chi connectivity index (χ3v) is 11.7. The molecule has 0 aromatic carbocycles. The first-order valence-corrected chi connectivity index (χ1v) is 25.2. The smallest absolute Gasteiger partial charge is 0.345 e. The van der Waals surface area contributed by atoms with E-state index in [1.165, 1.54) is 96.3 Å². The molecule has 11 heteroatoms. The Morgan fingerprint density at radius 2 is 0.492 bits per heavy atom. The molecular formula is C50H90O11. The Bertz CT molecular complexity index is 1090. The fourth-order valence-corrected chi connectivity index (χ4v) is 7.85. The fraction of sp³-hybridized carbons (Fsp3) is 0.880. The van der Waals surface area contributed by atoms with Crippen LogP contribution in [0.4, 0.5) is 0 Å². The van der Waals surface area contributed by atoms with Gasteiger partial charge in [-0.1, -0.05) is 199 Å². The largest absolute Gasteiger partial charge is 0.481 e. The molecule has 0 aromatic rings. The summed E-state index contributed by atoms with van der Waals surface area (Å²) in [6.45, 7) is 0. The lowest BCUT2D eigenvalue weighted by molar-refractivity contribution is -0.164. The van der Waals surface area contributed by atoms with Crippen LogP contribution in [0.3, 0.4) is 0 Å². The molecule has 356 valence electrons. The zero-order chi connectivity index (χ0) is 44.9. The number of ether oxygens (including phenoxy) is 2. The van der Waals surface area contributed by atoms with Gasteiger partial charge < -0.3 is 24.8 Å². The molecule has 0 aliphatic rings. The van der Waals surface area contributed by atoms with Gasteiger partial charge in [-0.15, -0.1) is 0 Å². The van der Waals surface area contributed by atoms with Crippen LogP contribution in [0.1, 0.15) is 276 Å². The number of hydrogen-bond donors (Lipinski definition) is 3. The van der Waals surface area contributed by atoms with E-state index in [4.69, 9.17) is 19.7 Å². The molecule has 0 amide bonds. The van der Waals surface area contributed by atoms with Crippen LogP contribution >= 0.6 is 0 Å². The highest BCUT2D eigenvalue weighted by atomic mass is 16.6. The first-order valence-electron chi connectivity index (χ1n) is 25.2. The lowest BCUT2D eigenvalue weighted by atomic mass is 10.0. The number of carboxylic acid groups (broad SMARTS) is 3. The van der Waals surface area contributed by atoms with Gasteiger partial charge in [-0.2, -0.15) is 0 Å². The Morgan fingerprint density at radius 3 is 0.738 bits per heavy atom. The van der Waals surface area contributed by atoms with Crippen molar-refractivity contribution in [3.05, 3.63) is 0 Å². The quantitative estimate of drug-likeness (QED) is 0.0301. The zero-order valence-electron chi connectivity index (χ0n) is 38.6. The Morgan fingerprint density at radius 1 is 0.279 bits per heavy atom. The fourth-order valence-electron chi connectivity index (χ4n) is 7.85. The molecule has 3 N–H and O–H groups in total. The number of aliphatic carboxylic acids is 3. The van der Waals surface area contributed by atoms with Gasteiger partial charge in [0.2, 0.25) is 0 Å². The summed E-state index contributed by atoms with van der Waals surface area (Å²) >= 11 is 0. The van der Waals surface area contributed by atoms with Crippen LogP contribution in [0.5, 0.6) is 0 Å². The molecule has 0 aromatic heterocycles. The van der Waals surface area contributed by atoms with E-state index in [9.17, 15) is 33.9 Å². The summed E-state index contributed by atoms with van der Waals surface area (Å²) in [4.78, 5) is 68.9. The summed E-state index contributed by atoms with van der Waals surface area (Å²) < 4.78 is 10.3. The van der Waals surface area contributed by atoms with Gasteiger partial charge >= 0.3 is 35.8 Å². The second-order valence-electron chi connectivity index (χ2n) is 17.6. The predicted octanol–water partition coefficient (Wildman–Crippen LogP) is 14.0. The van der Waals surface area contributed by atoms with E-state index in [2.05, 4.69) is 0 Å². The third kappa shape index (κ3) is 46.4. The highest BCUT2D eigenvalue weighted by Gasteiger charge is 2.21. The van der Waals surface area contributed by atoms with Crippen LogP contribution < -0.4 is 0 Å². The van der Waals surface area contributed by atoms with Crippen LogP contribution in [0.15, 0.2) is 0 Å². The van der Waals surface area contributed by atoms with E-state index in [1.807, 2.05) is 0 Å². The summed E-state index contributed by atoms with van der Waals surface area (Å²) in [6, 6.07) is 0. The summed E-state index contributed by atoms with van der Waals surface area (Å²) in [5.41, 5.74) is 0. The van der Waals surface area contributed by atoms with Crippen molar-refractivity contribution in [1.29, 1.82) is 0 Å². The topological polar surface area (TPSA) is 182 Å². The number of unbranched alkanes of at least 4 members (excludes halogenated alkanes) is 34. The molecule has 0 fully saturated rings. The van der Waals surface area contributed by atoms with Crippen LogP contribution in [0, 0.1) is 0 Å². The van der Waals surface area contributed by atoms with Crippen LogP contribution in [-0.4, -0.2) is 57.2 Å². The van der Waals surface area contributed by atoms with E-state index in [-0.39, 0.29) is 19.3 Å². The van der Waals surface area contributed by atoms with E-state index in [0.29, 0.717) is 19.3 Å². The SMILES string of the molecule is O=C(O)CCCCCCCCCCCCCCC(=O)OC(=O)CCCCCCCCCCCCCCCCC(=O)OC(CCCCCCCCCCCCCC(=O)O)C(=O)O. The first kappa shape index (κ1) is 58.0. The predicted molar refractivity (Wildman–Crippen MR) is 242 cm³/mol. The maximum atomic E-state index is 12.3. The number of carbonyl (C=O) groups is 6. The molecule has 0 saturated heterocycles. The second kappa shape index (κ2) is 45.1. The van der Waals surface area contributed by atoms with Crippen molar-refractivity contribution in [1.82, 2.24) is 0 Å². The molecule has 0 radical (unpaired) electrons. The van der Waals surface area contributed by atoms with Crippen molar-refractivity contribution in [2.75, 3.05) is 0 Å². The van der Waals surface area contributed by atoms with E-state index < -0.39 is 41.9 Å². The number of carboxylic acids is 3. The average molecular weight is 867 g/mol. The van der Waals surface area contributed by atoms with Gasteiger partial charge in [0.05, 0.1) is 0 Å². The number of esters is 3. The Hall–Kier alpha value is -2.98. The maximum Gasteiger partial charge on any atom is 0.345 e. The highest BCUT2D eigenvalue weighted by molar-refractivity contribution is 5.85. The summed E-state index contributed by atoms with van der Waals surface area (Å²) in [6.07, 6.45) is 40.5. The molecule has 0 aliphatic carbocycles. The molecule has 1 unspecified atom stereocenters. The standard InChI is InChI=1S/C50H90O11/c51-45(52)39-33-27-21-15-9-5-6-13-19-25-31-37-43-49(57)61-48(56)42-36-30-24-18-12-4-2-1-3-11-17-23-29-35-41-47(55)60-44(50(58)59)38-32-26-20-14-8-7-10-16-22-28-34-40-46(53)54/h44H,1-43H2,(H,51,52)(H,53,54)(H,58,59). The second-order valence-corrected chi connectivity index (χ2v) is 17.6. The molecule has 0 heterocycles. The molecular weight excluding hydrogens is 777 g/mol. The molecule has 11 nitrogen and oxygen atoms in total. The van der Waals surface area contributed by atoms with Crippen molar-refractivity contribution >= 4 is 35.8 Å². The van der Waals surface area contributed by atoms with Gasteiger partial charge in [0.1, 0.15) is 0 Å². The summed E-state index contributed by atoms with van der Waals surface area (Å²) in [5, 5.41) is 26.8. The summed E-state index contributed by atoms with van der Waals surface area (Å²) in [5.74, 6) is -3.67. The monoisotopic (exact) mass is 867 g/mol. The normalized spacial score (nSPS) is 11.7. The van der Waals surface area contributed by atoms with Crippen LogP contribution in [0.2, 0.25) is 0 Å². The van der Waals surface area contributed by atoms with Gasteiger partial charge in [0.15, 0.2) is 6.10 Å². The molecule has 0 rings (SSSR count). The van der Waals surface area contributed by atoms with Crippen LogP contribution in [-0.2, 0) is 38.2 Å². The molecule has 1 atom stereocenters. The Labute approximate surface area is 370 Å². The zero-order valence-corrected chi connectivity index (χ0v) is 38.6. The summed E-state index contributed by atoms with van der Waals surface area (Å²) in [7, 11) is 0. The van der Waals surface area contributed by atoms with Gasteiger partial charge in [0, 0.05) is 32.1 Å². The third-order valence-electron chi connectivity index (χ3n) is 11.7. The molecule has 0 saturated carbocycles. The minimum atomic E-state index is -1.06. The number of carbonyl (C=O) groups excluding carboxylic acids is 3. The lowest BCUT2D eigenvalue weighted by Crippen LogP contribution is -2.27. The van der Waals surface area contributed by atoms with Gasteiger partial charge in [-0.25, -0.2) is 4.79 Å². The molecule has 61 heavy (non-hydrogen) atoms. The van der Waals surface area contributed by atoms with Gasteiger partial charge in [-0.05, 0) is 44.9 Å². The van der Waals surface area contributed by atoms with Crippen molar-refractivity contribution in [3.63, 3.8) is 0 Å². The van der Waals surface area contributed by atoms with Crippen molar-refractivity contribution in [3.8, 4) is 0 Å². The van der Waals surface area contributed by atoms with Gasteiger partial charge in [-0.3, -0.25) is 24.0 Å². The van der Waals surface area contributed by atoms with Crippen LogP contribution in [0.25, 0.3) is 0 Å². The number of rotatable bonds is 48. The Kier molecular flexibility index (Phi) is 42.9. The van der Waals surface area contributed by atoms with Crippen molar-refractivity contribution in [2.45, 2.75) is 282 Å². The Balaban J connectivity index is 3.49.